The van der Waals surface area contributed by atoms with E-state index < -0.39 is 12.0 Å². The number of hydrogen-bond acceptors (Lipinski definition) is 3. The van der Waals surface area contributed by atoms with E-state index >= 15 is 0 Å². The van der Waals surface area contributed by atoms with Crippen molar-refractivity contribution >= 4 is 11.3 Å². The quantitative estimate of drug-likeness (QED) is 0.817. The molecule has 1 aromatic rings. The monoisotopic (exact) mass is 206 g/mol. The third-order valence-corrected chi connectivity index (χ3v) is 2.87. The van der Waals surface area contributed by atoms with Gasteiger partial charge in [0.2, 0.25) is 0 Å². The molecule has 0 aliphatic heterocycles. The van der Waals surface area contributed by atoms with Crippen LogP contribution >= 0.6 is 11.3 Å². The van der Waals surface area contributed by atoms with Gasteiger partial charge in [0.1, 0.15) is 10.5 Å². The van der Waals surface area contributed by atoms with Crippen molar-refractivity contribution < 1.29 is 8.78 Å². The predicted molar refractivity (Wildman–Crippen MR) is 49.1 cm³/mol. The number of hydrogen-bond donors (Lipinski definition) is 1. The van der Waals surface area contributed by atoms with Crippen molar-refractivity contribution in [1.29, 1.82) is 0 Å². The Bertz CT molecular complexity index is 251. The Morgan fingerprint density at radius 1 is 1.69 bits per heavy atom. The van der Waals surface area contributed by atoms with Gasteiger partial charge in [0, 0.05) is 11.6 Å². The lowest BCUT2D eigenvalue weighted by molar-refractivity contribution is 0.0393. The number of aromatic nitrogens is 1. The van der Waals surface area contributed by atoms with Crippen LogP contribution in [0.25, 0.3) is 0 Å². The minimum atomic E-state index is -2.45. The average Bonchev–Trinajstić information content (AvgIpc) is 2.56. The minimum Gasteiger partial charge on any atom is -0.301 e. The van der Waals surface area contributed by atoms with Crippen molar-refractivity contribution in [1.82, 2.24) is 10.3 Å². The van der Waals surface area contributed by atoms with E-state index in [9.17, 15) is 8.78 Å². The van der Waals surface area contributed by atoms with Crippen molar-refractivity contribution in [2.75, 3.05) is 6.54 Å². The molecule has 0 radical (unpaired) electrons. The van der Waals surface area contributed by atoms with Crippen LogP contribution in [0.3, 0.4) is 0 Å². The van der Waals surface area contributed by atoms with E-state index in [1.54, 1.807) is 12.3 Å². The third-order valence-electron chi connectivity index (χ3n) is 1.86. The molecule has 1 atom stereocenters. The van der Waals surface area contributed by atoms with Gasteiger partial charge in [0.05, 0.1) is 0 Å². The number of rotatable bonds is 4. The standard InChI is InChI=1S/C8H12F2N2S/c1-3-12-8(2,6(9)10)7-11-4-5-13-7/h4-6,12H,3H2,1-2H3. The van der Waals surface area contributed by atoms with Gasteiger partial charge in [-0.05, 0) is 13.5 Å². The lowest BCUT2D eigenvalue weighted by atomic mass is 10.0. The predicted octanol–water partition coefficient (Wildman–Crippen LogP) is 2.23. The summed E-state index contributed by atoms with van der Waals surface area (Å²) in [6.07, 6.45) is -0.906. The molecule has 5 heteroatoms. The second kappa shape index (κ2) is 4.11. The zero-order valence-corrected chi connectivity index (χ0v) is 8.37. The van der Waals surface area contributed by atoms with E-state index in [0.29, 0.717) is 11.6 Å². The highest BCUT2D eigenvalue weighted by Gasteiger charge is 2.38. The van der Waals surface area contributed by atoms with Crippen LogP contribution in [-0.4, -0.2) is 18.0 Å². The van der Waals surface area contributed by atoms with Crippen molar-refractivity contribution in [2.45, 2.75) is 25.8 Å². The largest absolute Gasteiger partial charge is 0.301 e. The van der Waals surface area contributed by atoms with E-state index in [2.05, 4.69) is 10.3 Å². The summed E-state index contributed by atoms with van der Waals surface area (Å²) < 4.78 is 25.5. The Morgan fingerprint density at radius 2 is 2.38 bits per heavy atom. The Morgan fingerprint density at radius 3 is 2.77 bits per heavy atom. The zero-order valence-electron chi connectivity index (χ0n) is 7.55. The molecule has 1 unspecified atom stereocenters. The summed E-state index contributed by atoms with van der Waals surface area (Å²) in [4.78, 5) is 3.90. The second-order valence-corrected chi connectivity index (χ2v) is 3.77. The smallest absolute Gasteiger partial charge is 0.262 e. The lowest BCUT2D eigenvalue weighted by Crippen LogP contribution is -2.45. The fraction of sp³-hybridized carbons (Fsp3) is 0.625. The van der Waals surface area contributed by atoms with Crippen LogP contribution in [0.1, 0.15) is 18.9 Å². The van der Waals surface area contributed by atoms with E-state index in [1.807, 2.05) is 0 Å². The van der Waals surface area contributed by atoms with Gasteiger partial charge < -0.3 is 5.32 Å². The minimum absolute atomic E-state index is 0.435. The van der Waals surface area contributed by atoms with Gasteiger partial charge in [-0.3, -0.25) is 0 Å². The molecule has 0 aliphatic rings. The summed E-state index contributed by atoms with van der Waals surface area (Å²) >= 11 is 1.24. The molecule has 13 heavy (non-hydrogen) atoms. The van der Waals surface area contributed by atoms with Crippen molar-refractivity contribution in [3.05, 3.63) is 16.6 Å². The summed E-state index contributed by atoms with van der Waals surface area (Å²) in [6, 6.07) is 0. The van der Waals surface area contributed by atoms with Crippen molar-refractivity contribution in [3.63, 3.8) is 0 Å². The lowest BCUT2D eigenvalue weighted by Gasteiger charge is -2.27. The number of thiazole rings is 1. The van der Waals surface area contributed by atoms with Crippen LogP contribution in [0, 0.1) is 0 Å². The normalized spacial score (nSPS) is 16.1. The van der Waals surface area contributed by atoms with Crippen LogP contribution in [0.4, 0.5) is 8.78 Å². The molecule has 74 valence electrons. The molecule has 0 spiro atoms. The van der Waals surface area contributed by atoms with Crippen LogP contribution in [-0.2, 0) is 5.54 Å². The van der Waals surface area contributed by atoms with Crippen molar-refractivity contribution in [3.8, 4) is 0 Å². The molecule has 0 aromatic carbocycles. The molecule has 1 rings (SSSR count). The molecule has 1 N–H and O–H groups in total. The van der Waals surface area contributed by atoms with E-state index in [0.717, 1.165) is 0 Å². The fourth-order valence-electron chi connectivity index (χ4n) is 1.09. The Labute approximate surface area is 80.0 Å². The molecule has 0 saturated carbocycles. The zero-order chi connectivity index (χ0) is 9.90. The summed E-state index contributed by atoms with van der Waals surface area (Å²) in [5, 5.41) is 4.90. The molecule has 2 nitrogen and oxygen atoms in total. The average molecular weight is 206 g/mol. The highest BCUT2D eigenvalue weighted by Crippen LogP contribution is 2.29. The Kier molecular flexibility index (Phi) is 3.33. The molecule has 0 saturated heterocycles. The maximum atomic E-state index is 12.7. The maximum Gasteiger partial charge on any atom is 0.262 e. The summed E-state index contributed by atoms with van der Waals surface area (Å²) in [5.74, 6) is 0. The first-order valence-corrected chi connectivity index (χ1v) is 4.92. The van der Waals surface area contributed by atoms with E-state index in [1.165, 1.54) is 24.5 Å². The molecule has 0 fully saturated rings. The topological polar surface area (TPSA) is 24.9 Å². The number of alkyl halides is 2. The molecule has 1 heterocycles. The van der Waals surface area contributed by atoms with Crippen LogP contribution < -0.4 is 5.32 Å². The SMILES string of the molecule is CCNC(C)(c1nccs1)C(F)F. The van der Waals surface area contributed by atoms with Gasteiger partial charge in [-0.2, -0.15) is 0 Å². The molecule has 0 aliphatic carbocycles. The van der Waals surface area contributed by atoms with Crippen LogP contribution in [0.2, 0.25) is 0 Å². The van der Waals surface area contributed by atoms with E-state index in [-0.39, 0.29) is 0 Å². The second-order valence-electron chi connectivity index (χ2n) is 2.87. The number of nitrogens with one attached hydrogen (secondary N) is 1. The number of nitrogens with zero attached hydrogens (tertiary/aromatic N) is 1. The van der Waals surface area contributed by atoms with Gasteiger partial charge in [0.25, 0.3) is 6.43 Å². The third kappa shape index (κ3) is 2.03. The van der Waals surface area contributed by atoms with Gasteiger partial charge >= 0.3 is 0 Å². The van der Waals surface area contributed by atoms with Crippen molar-refractivity contribution in [2.24, 2.45) is 0 Å². The van der Waals surface area contributed by atoms with Gasteiger partial charge in [-0.25, -0.2) is 13.8 Å². The summed E-state index contributed by atoms with van der Waals surface area (Å²) in [7, 11) is 0. The molecular formula is C8H12F2N2S. The fourth-order valence-corrected chi connectivity index (χ4v) is 1.87. The highest BCUT2D eigenvalue weighted by molar-refractivity contribution is 7.09. The van der Waals surface area contributed by atoms with Gasteiger partial charge in [-0.1, -0.05) is 6.92 Å². The molecule has 0 bridgehead atoms. The Hall–Kier alpha value is -0.550. The van der Waals surface area contributed by atoms with Crippen LogP contribution in [0.15, 0.2) is 11.6 Å². The van der Waals surface area contributed by atoms with Gasteiger partial charge in [-0.15, -0.1) is 11.3 Å². The van der Waals surface area contributed by atoms with E-state index in [4.69, 9.17) is 0 Å². The molecule has 0 amide bonds. The molecule has 1 aromatic heterocycles. The van der Waals surface area contributed by atoms with Crippen LogP contribution in [0.5, 0.6) is 0 Å². The summed E-state index contributed by atoms with van der Waals surface area (Å²) in [5.41, 5.74) is -1.30. The first kappa shape index (κ1) is 10.5. The molecular weight excluding hydrogens is 194 g/mol. The first-order valence-electron chi connectivity index (χ1n) is 4.04. The summed E-state index contributed by atoms with van der Waals surface area (Å²) in [6.45, 7) is 3.77. The highest BCUT2D eigenvalue weighted by atomic mass is 32.1. The maximum absolute atomic E-state index is 12.7. The Balaban J connectivity index is 2.91. The number of halogens is 2. The first-order chi connectivity index (χ1) is 6.11. The van der Waals surface area contributed by atoms with Gasteiger partial charge in [0.15, 0.2) is 0 Å².